The average molecular weight is 514 g/mol. The number of nitrogens with two attached hydrogens (primary N) is 1. The van der Waals surface area contributed by atoms with Crippen LogP contribution in [0.3, 0.4) is 0 Å². The summed E-state index contributed by atoms with van der Waals surface area (Å²) in [5.74, 6) is 0. The third-order valence-corrected chi connectivity index (χ3v) is 7.07. The Morgan fingerprint density at radius 2 is 1.52 bits per heavy atom. The van der Waals surface area contributed by atoms with Gasteiger partial charge in [-0.05, 0) is 29.3 Å². The number of benzene rings is 2. The van der Waals surface area contributed by atoms with Gasteiger partial charge >= 0.3 is 6.18 Å². The molecule has 0 saturated heterocycles. The van der Waals surface area contributed by atoms with E-state index < -0.39 is 21.9 Å². The Morgan fingerprint density at radius 3 is 1.94 bits per heavy atom. The molecule has 0 fully saturated rings. The topological polar surface area (TPSA) is 89.6 Å². The van der Waals surface area contributed by atoms with Gasteiger partial charge in [-0.3, -0.25) is 4.18 Å². The van der Waals surface area contributed by atoms with Gasteiger partial charge in [0.15, 0.2) is 0 Å². The van der Waals surface area contributed by atoms with Crippen LogP contribution in [0.15, 0.2) is 65.6 Å². The first kappa shape index (κ1) is 25.4. The van der Waals surface area contributed by atoms with Crippen LogP contribution in [-0.2, 0) is 19.9 Å². The van der Waals surface area contributed by atoms with Crippen molar-refractivity contribution >= 4 is 50.3 Å². The van der Waals surface area contributed by atoms with Crippen molar-refractivity contribution in [2.75, 3.05) is 12.8 Å². The fraction of sp³-hybridized carbons (Fsp3) is 0.158. The molecule has 0 amide bonds. The van der Waals surface area contributed by atoms with E-state index in [0.29, 0.717) is 10.0 Å². The summed E-state index contributed by atoms with van der Waals surface area (Å²) < 4.78 is 66.7. The summed E-state index contributed by atoms with van der Waals surface area (Å²) in [4.78, 5) is -0.0818. The summed E-state index contributed by atoms with van der Waals surface area (Å²) >= 11 is 12.1. The minimum Gasteiger partial charge on any atom is -0.399 e. The predicted octanol–water partition coefficient (Wildman–Crippen LogP) is 5.46. The fourth-order valence-electron chi connectivity index (χ4n) is 2.48. The van der Waals surface area contributed by atoms with Crippen molar-refractivity contribution in [3.8, 4) is 0 Å². The van der Waals surface area contributed by atoms with Crippen molar-refractivity contribution in [1.82, 2.24) is 0 Å². The zero-order valence-corrected chi connectivity index (χ0v) is 18.9. The Kier molecular flexibility index (Phi) is 8.01. The van der Waals surface area contributed by atoms with Crippen molar-refractivity contribution in [3.05, 3.63) is 80.5 Å². The molecule has 0 aliphatic rings. The summed E-state index contributed by atoms with van der Waals surface area (Å²) in [7, 11) is -2.65. The number of rotatable bonds is 4. The van der Waals surface area contributed by atoms with Gasteiger partial charge < -0.3 is 10.8 Å². The molecule has 168 valence electrons. The standard InChI is InChI=1S/C14H12F3NO.C5H4Cl2O3S2/c15-14(16,17)13(19,10-4-2-1-3-5-10)11-6-8-12(18)9-7-11;1-10-12(8,9)3-2-4(6)11-5(3)7/h1-9,19H,18H2;2H,1H3. The predicted molar refractivity (Wildman–Crippen MR) is 115 cm³/mol. The van der Waals surface area contributed by atoms with E-state index in [1.807, 2.05) is 0 Å². The number of hydrogen-bond acceptors (Lipinski definition) is 6. The van der Waals surface area contributed by atoms with Gasteiger partial charge in [-0.25, -0.2) is 0 Å². The number of aliphatic hydroxyl groups is 1. The molecule has 3 N–H and O–H groups in total. The normalized spacial score (nSPS) is 13.8. The summed E-state index contributed by atoms with van der Waals surface area (Å²) in [5, 5.41) is 10.2. The highest BCUT2D eigenvalue weighted by atomic mass is 35.5. The van der Waals surface area contributed by atoms with Gasteiger partial charge in [-0.2, -0.15) is 21.6 Å². The minimum atomic E-state index is -4.83. The highest BCUT2D eigenvalue weighted by molar-refractivity contribution is 7.87. The van der Waals surface area contributed by atoms with Crippen LogP contribution in [0.25, 0.3) is 0 Å². The minimum absolute atomic E-state index is 0.0818. The van der Waals surface area contributed by atoms with E-state index in [1.165, 1.54) is 54.6 Å². The van der Waals surface area contributed by atoms with Crippen molar-refractivity contribution in [1.29, 1.82) is 0 Å². The molecule has 1 unspecified atom stereocenters. The number of hydrogen-bond donors (Lipinski definition) is 2. The van der Waals surface area contributed by atoms with Crippen LogP contribution in [-0.4, -0.2) is 26.8 Å². The molecule has 0 radical (unpaired) electrons. The Labute approximate surface area is 190 Å². The zero-order valence-electron chi connectivity index (χ0n) is 15.7. The Hall–Kier alpha value is -1.82. The lowest BCUT2D eigenvalue weighted by Gasteiger charge is -2.31. The first-order valence-corrected chi connectivity index (χ1v) is 11.3. The lowest BCUT2D eigenvalue weighted by atomic mass is 9.85. The van der Waals surface area contributed by atoms with E-state index in [4.69, 9.17) is 28.9 Å². The molecule has 3 aromatic rings. The average Bonchev–Trinajstić information content (AvgIpc) is 3.07. The second-order valence-electron chi connectivity index (χ2n) is 6.01. The monoisotopic (exact) mass is 513 g/mol. The van der Waals surface area contributed by atoms with Crippen molar-refractivity contribution in [2.45, 2.75) is 16.7 Å². The molecule has 1 heterocycles. The lowest BCUT2D eigenvalue weighted by Crippen LogP contribution is -2.43. The lowest BCUT2D eigenvalue weighted by molar-refractivity contribution is -0.248. The van der Waals surface area contributed by atoms with Gasteiger partial charge in [0.1, 0.15) is 9.23 Å². The van der Waals surface area contributed by atoms with Crippen LogP contribution >= 0.6 is 34.5 Å². The van der Waals surface area contributed by atoms with E-state index in [1.54, 1.807) is 6.07 Å². The third-order valence-electron chi connectivity index (χ3n) is 4.04. The maximum absolute atomic E-state index is 13.3. The summed E-state index contributed by atoms with van der Waals surface area (Å²) in [6.45, 7) is 0. The van der Waals surface area contributed by atoms with Gasteiger partial charge in [0.05, 0.1) is 11.4 Å². The number of halogens is 5. The van der Waals surface area contributed by atoms with Crippen LogP contribution in [0.5, 0.6) is 0 Å². The highest BCUT2D eigenvalue weighted by Crippen LogP contribution is 2.44. The van der Waals surface area contributed by atoms with Crippen molar-refractivity contribution in [3.63, 3.8) is 0 Å². The molecule has 5 nitrogen and oxygen atoms in total. The Morgan fingerprint density at radius 1 is 1.00 bits per heavy atom. The second-order valence-corrected chi connectivity index (χ2v) is 9.97. The Balaban J connectivity index is 0.000000245. The van der Waals surface area contributed by atoms with E-state index in [2.05, 4.69) is 4.18 Å². The number of thiophene rings is 1. The zero-order chi connectivity index (χ0) is 23.4. The molecule has 0 aliphatic heterocycles. The first-order valence-electron chi connectivity index (χ1n) is 8.29. The second kappa shape index (κ2) is 9.76. The van der Waals surface area contributed by atoms with E-state index in [0.717, 1.165) is 18.4 Å². The first-order chi connectivity index (χ1) is 14.3. The molecular formula is C19H16Cl2F3NO4S2. The third kappa shape index (κ3) is 5.71. The Bertz CT molecular complexity index is 1120. The van der Waals surface area contributed by atoms with Gasteiger partial charge in [-0.1, -0.05) is 65.7 Å². The summed E-state index contributed by atoms with van der Waals surface area (Å²) in [6.07, 6.45) is -4.83. The van der Waals surface area contributed by atoms with Crippen LogP contribution in [0.1, 0.15) is 11.1 Å². The van der Waals surface area contributed by atoms with Crippen LogP contribution in [0.4, 0.5) is 18.9 Å². The van der Waals surface area contributed by atoms with Crippen LogP contribution in [0, 0.1) is 0 Å². The summed E-state index contributed by atoms with van der Waals surface area (Å²) in [6, 6.07) is 13.2. The molecular weight excluding hydrogens is 498 g/mol. The van der Waals surface area contributed by atoms with Crippen molar-refractivity contribution in [2.24, 2.45) is 0 Å². The molecule has 1 atom stereocenters. The molecule has 31 heavy (non-hydrogen) atoms. The largest absolute Gasteiger partial charge is 0.425 e. The van der Waals surface area contributed by atoms with Gasteiger partial charge in [0.2, 0.25) is 5.60 Å². The van der Waals surface area contributed by atoms with E-state index >= 15 is 0 Å². The molecule has 2 aromatic carbocycles. The quantitative estimate of drug-likeness (QED) is 0.357. The number of nitrogen functional groups attached to an aromatic ring is 1. The summed E-state index contributed by atoms with van der Waals surface area (Å²) in [5.41, 5.74) is 2.26. The highest BCUT2D eigenvalue weighted by Gasteiger charge is 2.56. The maximum atomic E-state index is 13.3. The molecule has 0 saturated carbocycles. The van der Waals surface area contributed by atoms with Gasteiger partial charge in [0.25, 0.3) is 10.1 Å². The molecule has 3 rings (SSSR count). The fourth-order valence-corrected chi connectivity index (χ4v) is 5.25. The van der Waals surface area contributed by atoms with Crippen LogP contribution in [0.2, 0.25) is 8.67 Å². The smallest absolute Gasteiger partial charge is 0.399 e. The van der Waals surface area contributed by atoms with Crippen molar-refractivity contribution < 1.29 is 30.9 Å². The number of anilines is 1. The molecule has 0 bridgehead atoms. The maximum Gasteiger partial charge on any atom is 0.425 e. The molecule has 0 spiro atoms. The van der Waals surface area contributed by atoms with Gasteiger partial charge in [-0.15, -0.1) is 11.3 Å². The molecule has 12 heteroatoms. The van der Waals surface area contributed by atoms with E-state index in [9.17, 15) is 26.7 Å². The van der Waals surface area contributed by atoms with Gasteiger partial charge in [0, 0.05) is 5.69 Å². The molecule has 0 aliphatic carbocycles. The molecule has 1 aromatic heterocycles. The number of alkyl halides is 3. The van der Waals surface area contributed by atoms with E-state index in [-0.39, 0.29) is 20.4 Å². The SMILES string of the molecule is COS(=O)(=O)c1cc(Cl)sc1Cl.Nc1ccc(C(O)(c2ccccc2)C(F)(F)F)cc1. The van der Waals surface area contributed by atoms with Crippen LogP contribution < -0.4 is 5.73 Å².